The Bertz CT molecular complexity index is 1310. The Hall–Kier alpha value is -3.14. The summed E-state index contributed by atoms with van der Waals surface area (Å²) in [4.78, 5) is 23.8. The number of hydrogen-bond donors (Lipinski definition) is 1. The molecule has 1 atom stereocenters. The number of aryl methyl sites for hydroxylation is 2. The Labute approximate surface area is 215 Å². The van der Waals surface area contributed by atoms with Gasteiger partial charge < -0.3 is 9.57 Å². The number of aliphatic imine (C=N–C) groups is 1. The van der Waals surface area contributed by atoms with Gasteiger partial charge in [0.15, 0.2) is 5.82 Å². The lowest BCUT2D eigenvalue weighted by molar-refractivity contribution is -0.155. The molecule has 0 radical (unpaired) electrons. The average molecular weight is 508 g/mol. The summed E-state index contributed by atoms with van der Waals surface area (Å²) in [6, 6.07) is 7.73. The fourth-order valence-electron chi connectivity index (χ4n) is 4.17. The van der Waals surface area contributed by atoms with Crippen molar-refractivity contribution in [2.45, 2.75) is 66.0 Å². The van der Waals surface area contributed by atoms with Crippen LogP contribution in [0.25, 0.3) is 11.1 Å². The average Bonchev–Trinajstić information content (AvgIpc) is 3.28. The van der Waals surface area contributed by atoms with Gasteiger partial charge in [-0.1, -0.05) is 36.4 Å². The minimum Gasteiger partial charge on any atom is -0.460 e. The van der Waals surface area contributed by atoms with Crippen LogP contribution in [0.4, 0.5) is 0 Å². The summed E-state index contributed by atoms with van der Waals surface area (Å²) >= 11 is 1.69. The molecule has 0 amide bonds. The Kier molecular flexibility index (Phi) is 7.54. The fraction of sp³-hybridized carbons (Fsp3) is 0.407. The van der Waals surface area contributed by atoms with E-state index < -0.39 is 11.6 Å². The number of fused-ring (bicyclic) bond motifs is 3. The van der Waals surface area contributed by atoms with Crippen LogP contribution in [0.2, 0.25) is 0 Å². The molecule has 0 aliphatic carbocycles. The highest BCUT2D eigenvalue weighted by atomic mass is 32.1. The van der Waals surface area contributed by atoms with E-state index in [0.717, 1.165) is 45.2 Å². The molecule has 0 spiro atoms. The summed E-state index contributed by atoms with van der Waals surface area (Å²) in [5.41, 5.74) is 4.53. The van der Waals surface area contributed by atoms with Crippen LogP contribution < -0.4 is 5.90 Å². The Morgan fingerprint density at radius 2 is 1.89 bits per heavy atom. The topological polar surface area (TPSA) is 105 Å². The molecule has 2 aromatic heterocycles. The molecule has 36 heavy (non-hydrogen) atoms. The van der Waals surface area contributed by atoms with Gasteiger partial charge in [-0.3, -0.25) is 14.4 Å². The SMILES string of the molecule is Cc1sc2c(c1C)C(c1ccc(/C=C/CCON)cc1)=N[C@@H](CC(=O)OC(C)(C)C)c1nnc(C)n1-2. The molecule has 8 nitrogen and oxygen atoms in total. The third-order valence-corrected chi connectivity index (χ3v) is 7.11. The van der Waals surface area contributed by atoms with Crippen molar-refractivity contribution in [1.29, 1.82) is 0 Å². The van der Waals surface area contributed by atoms with Crippen molar-refractivity contribution in [3.63, 3.8) is 0 Å². The molecule has 0 fully saturated rings. The van der Waals surface area contributed by atoms with Gasteiger partial charge in [0.25, 0.3) is 0 Å². The Balaban J connectivity index is 1.80. The van der Waals surface area contributed by atoms with E-state index in [1.165, 1.54) is 4.88 Å². The maximum atomic E-state index is 12.9. The van der Waals surface area contributed by atoms with Crippen molar-refractivity contribution < 1.29 is 14.4 Å². The van der Waals surface area contributed by atoms with Gasteiger partial charge in [0.1, 0.15) is 22.5 Å². The van der Waals surface area contributed by atoms with Gasteiger partial charge in [0, 0.05) is 16.0 Å². The fourth-order valence-corrected chi connectivity index (χ4v) is 5.39. The Morgan fingerprint density at radius 1 is 1.17 bits per heavy atom. The smallest absolute Gasteiger partial charge is 0.308 e. The maximum Gasteiger partial charge on any atom is 0.308 e. The molecule has 3 heterocycles. The van der Waals surface area contributed by atoms with Gasteiger partial charge in [0.05, 0.1) is 18.7 Å². The van der Waals surface area contributed by atoms with Crippen molar-refractivity contribution in [1.82, 2.24) is 14.8 Å². The number of rotatable bonds is 7. The molecule has 1 aliphatic heterocycles. The van der Waals surface area contributed by atoms with Crippen LogP contribution in [-0.2, 0) is 14.4 Å². The summed E-state index contributed by atoms with van der Waals surface area (Å²) in [6.07, 6.45) is 4.89. The highest BCUT2D eigenvalue weighted by Crippen LogP contribution is 2.39. The van der Waals surface area contributed by atoms with Crippen LogP contribution in [0.1, 0.15) is 78.4 Å². The van der Waals surface area contributed by atoms with Gasteiger partial charge >= 0.3 is 5.97 Å². The van der Waals surface area contributed by atoms with Crippen LogP contribution in [0.5, 0.6) is 0 Å². The van der Waals surface area contributed by atoms with Crippen molar-refractivity contribution in [2.75, 3.05) is 6.61 Å². The van der Waals surface area contributed by atoms with Crippen LogP contribution in [-0.4, -0.2) is 38.7 Å². The quantitative estimate of drug-likeness (QED) is 0.269. The zero-order chi connectivity index (χ0) is 26.0. The first kappa shape index (κ1) is 25.9. The van der Waals surface area contributed by atoms with Gasteiger partial charge in [-0.05, 0) is 59.1 Å². The number of benzene rings is 1. The molecule has 2 N–H and O–H groups in total. The number of ether oxygens (including phenoxy) is 1. The van der Waals surface area contributed by atoms with E-state index >= 15 is 0 Å². The predicted octanol–water partition coefficient (Wildman–Crippen LogP) is 5.17. The number of thiophene rings is 1. The lowest BCUT2D eigenvalue weighted by Crippen LogP contribution is -2.25. The summed E-state index contributed by atoms with van der Waals surface area (Å²) in [6.45, 7) is 12.2. The monoisotopic (exact) mass is 507 g/mol. The summed E-state index contributed by atoms with van der Waals surface area (Å²) in [5.74, 6) is 6.19. The number of aromatic nitrogens is 3. The molecule has 0 saturated heterocycles. The third kappa shape index (κ3) is 5.48. The van der Waals surface area contributed by atoms with E-state index in [1.54, 1.807) is 11.3 Å². The molecule has 3 aromatic rings. The van der Waals surface area contributed by atoms with E-state index in [1.807, 2.05) is 44.4 Å². The molecular weight excluding hydrogens is 474 g/mol. The third-order valence-electron chi connectivity index (χ3n) is 5.92. The highest BCUT2D eigenvalue weighted by Gasteiger charge is 2.33. The summed E-state index contributed by atoms with van der Waals surface area (Å²) in [5, 5.41) is 9.81. The molecule has 1 aliphatic rings. The number of hydrogen-bond acceptors (Lipinski definition) is 8. The lowest BCUT2D eigenvalue weighted by atomic mass is 9.98. The van der Waals surface area contributed by atoms with Gasteiger partial charge in [-0.15, -0.1) is 21.5 Å². The van der Waals surface area contributed by atoms with Crippen molar-refractivity contribution >= 4 is 29.1 Å². The predicted molar refractivity (Wildman–Crippen MR) is 143 cm³/mol. The first-order valence-corrected chi connectivity index (χ1v) is 12.8. The van der Waals surface area contributed by atoms with Crippen molar-refractivity contribution in [3.8, 4) is 5.00 Å². The molecule has 190 valence electrons. The van der Waals surface area contributed by atoms with E-state index in [2.05, 4.69) is 53.1 Å². The second-order valence-corrected chi connectivity index (χ2v) is 11.1. The summed E-state index contributed by atoms with van der Waals surface area (Å²) < 4.78 is 7.67. The minimum atomic E-state index is -0.579. The Morgan fingerprint density at radius 3 is 2.56 bits per heavy atom. The van der Waals surface area contributed by atoms with E-state index in [4.69, 9.17) is 15.6 Å². The van der Waals surface area contributed by atoms with Crippen LogP contribution in [0, 0.1) is 20.8 Å². The van der Waals surface area contributed by atoms with Crippen LogP contribution in [0.15, 0.2) is 35.3 Å². The molecule has 1 aromatic carbocycles. The molecular formula is C27H33N5O3S. The van der Waals surface area contributed by atoms with Gasteiger partial charge in [-0.2, -0.15) is 0 Å². The van der Waals surface area contributed by atoms with Gasteiger partial charge in [0.2, 0.25) is 0 Å². The first-order valence-electron chi connectivity index (χ1n) is 12.0. The molecule has 9 heteroatoms. The van der Waals surface area contributed by atoms with E-state index in [-0.39, 0.29) is 12.4 Å². The molecule has 0 saturated carbocycles. The second-order valence-electron chi connectivity index (χ2n) is 9.87. The highest BCUT2D eigenvalue weighted by molar-refractivity contribution is 7.15. The van der Waals surface area contributed by atoms with E-state index in [0.29, 0.717) is 12.4 Å². The number of nitrogens with two attached hydrogens (primary N) is 1. The van der Waals surface area contributed by atoms with E-state index in [9.17, 15) is 4.79 Å². The minimum absolute atomic E-state index is 0.0793. The second kappa shape index (κ2) is 10.5. The van der Waals surface area contributed by atoms with Crippen LogP contribution in [0.3, 0.4) is 0 Å². The molecule has 0 unspecified atom stereocenters. The normalized spacial score (nSPS) is 15.4. The van der Waals surface area contributed by atoms with Crippen molar-refractivity contribution in [3.05, 3.63) is 69.1 Å². The van der Waals surface area contributed by atoms with Gasteiger partial charge in [-0.25, -0.2) is 5.90 Å². The number of esters is 1. The molecule has 0 bridgehead atoms. The zero-order valence-corrected chi connectivity index (χ0v) is 22.5. The number of carbonyl (C=O) groups is 1. The van der Waals surface area contributed by atoms with Crippen LogP contribution >= 0.6 is 11.3 Å². The number of nitrogens with zero attached hydrogens (tertiary/aromatic N) is 4. The number of carbonyl (C=O) groups excluding carboxylic acids is 1. The lowest BCUT2D eigenvalue weighted by Gasteiger charge is -2.21. The maximum absolute atomic E-state index is 12.9. The molecule has 4 rings (SSSR count). The first-order chi connectivity index (χ1) is 17.1. The van der Waals surface area contributed by atoms with Crippen molar-refractivity contribution in [2.24, 2.45) is 10.9 Å². The largest absolute Gasteiger partial charge is 0.460 e. The zero-order valence-electron chi connectivity index (χ0n) is 21.7. The standard InChI is InChI=1S/C27H33N5O3S/c1-16-17(2)36-26-23(16)24(20-12-10-19(11-13-20)9-7-8-14-34-28)29-21(15-22(33)35-27(4,5)6)25-31-30-18(3)32(25)26/h7,9-13,21H,8,14-15,28H2,1-6H3/b9-7+/t21-/m0/s1. The summed E-state index contributed by atoms with van der Waals surface area (Å²) in [7, 11) is 0.